The van der Waals surface area contributed by atoms with E-state index in [9.17, 15) is 19.2 Å². The first kappa shape index (κ1) is 22.1. The number of halogens is 1. The van der Waals surface area contributed by atoms with Crippen LogP contribution in [0.2, 0.25) is 5.02 Å². The molecule has 0 fully saturated rings. The zero-order valence-electron chi connectivity index (χ0n) is 16.2. The number of carbonyl (C=O) groups excluding carboxylic acids is 4. The molecule has 2 atom stereocenters. The van der Waals surface area contributed by atoms with Gasteiger partial charge >= 0.3 is 5.97 Å². The molecule has 2 amide bonds. The number of anilines is 1. The Morgan fingerprint density at radius 3 is 2.17 bits per heavy atom. The molecule has 7 nitrogen and oxygen atoms in total. The molecule has 2 aromatic carbocycles. The Morgan fingerprint density at radius 2 is 1.59 bits per heavy atom. The third kappa shape index (κ3) is 6.15. The summed E-state index contributed by atoms with van der Waals surface area (Å²) in [6.45, 7) is 4.31. The maximum Gasteiger partial charge on any atom is 0.329 e. The van der Waals surface area contributed by atoms with Crippen molar-refractivity contribution in [2.24, 2.45) is 0 Å². The highest BCUT2D eigenvalue weighted by molar-refractivity contribution is 6.33. The summed E-state index contributed by atoms with van der Waals surface area (Å²) >= 11 is 5.96. The Morgan fingerprint density at radius 1 is 0.966 bits per heavy atom. The van der Waals surface area contributed by atoms with Crippen molar-refractivity contribution in [2.45, 2.75) is 32.9 Å². The summed E-state index contributed by atoms with van der Waals surface area (Å²) in [4.78, 5) is 47.9. The molecule has 0 aliphatic rings. The van der Waals surface area contributed by atoms with Gasteiger partial charge in [0.25, 0.3) is 11.8 Å². The van der Waals surface area contributed by atoms with E-state index in [-0.39, 0.29) is 16.4 Å². The molecule has 0 spiro atoms. The molecule has 2 rings (SSSR count). The Bertz CT molecular complexity index is 927. The van der Waals surface area contributed by atoms with E-state index in [4.69, 9.17) is 16.3 Å². The largest absolute Gasteiger partial charge is 0.451 e. The summed E-state index contributed by atoms with van der Waals surface area (Å²) in [5, 5.41) is 5.34. The molecule has 152 valence electrons. The van der Waals surface area contributed by atoms with Crippen LogP contribution in [-0.2, 0) is 14.3 Å². The summed E-state index contributed by atoms with van der Waals surface area (Å²) in [7, 11) is 0. The topological polar surface area (TPSA) is 102 Å². The van der Waals surface area contributed by atoms with Gasteiger partial charge in [-0.2, -0.15) is 0 Å². The van der Waals surface area contributed by atoms with E-state index in [1.807, 2.05) is 0 Å². The van der Waals surface area contributed by atoms with Gasteiger partial charge in [-0.15, -0.1) is 0 Å². The Balaban J connectivity index is 1.89. The van der Waals surface area contributed by atoms with Gasteiger partial charge in [-0.3, -0.25) is 14.4 Å². The second-order valence-corrected chi connectivity index (χ2v) is 6.78. The molecular weight excluding hydrogens is 396 g/mol. The van der Waals surface area contributed by atoms with E-state index in [1.54, 1.807) is 42.5 Å². The van der Waals surface area contributed by atoms with Gasteiger partial charge in [-0.05, 0) is 57.2 Å². The minimum absolute atomic E-state index is 0.0852. The van der Waals surface area contributed by atoms with Crippen LogP contribution in [0.1, 0.15) is 41.5 Å². The highest BCUT2D eigenvalue weighted by Gasteiger charge is 2.24. The van der Waals surface area contributed by atoms with Crippen LogP contribution >= 0.6 is 11.6 Å². The van der Waals surface area contributed by atoms with Gasteiger partial charge < -0.3 is 15.4 Å². The summed E-state index contributed by atoms with van der Waals surface area (Å²) < 4.78 is 5.12. The molecule has 8 heteroatoms. The maximum absolute atomic E-state index is 12.2. The van der Waals surface area contributed by atoms with Gasteiger partial charge in [0, 0.05) is 11.3 Å². The number of esters is 1. The Hall–Kier alpha value is -3.19. The fourth-order valence-electron chi connectivity index (χ4n) is 2.34. The molecule has 0 saturated carbocycles. The average molecular weight is 417 g/mol. The third-order valence-electron chi connectivity index (χ3n) is 4.04. The number of ether oxygens (including phenoxy) is 1. The second-order valence-electron chi connectivity index (χ2n) is 6.38. The Labute approximate surface area is 173 Å². The molecule has 2 N–H and O–H groups in total. The highest BCUT2D eigenvalue weighted by atomic mass is 35.5. The van der Waals surface area contributed by atoms with Gasteiger partial charge in [0.15, 0.2) is 11.9 Å². The molecule has 0 aromatic heterocycles. The predicted octanol–water partition coefficient (Wildman–Crippen LogP) is 3.23. The normalized spacial score (nSPS) is 12.4. The maximum atomic E-state index is 12.2. The van der Waals surface area contributed by atoms with E-state index < -0.39 is 29.9 Å². The minimum atomic E-state index is -1.09. The molecule has 2 aromatic rings. The fraction of sp³-hybridized carbons (Fsp3) is 0.238. The van der Waals surface area contributed by atoms with Crippen molar-refractivity contribution in [3.63, 3.8) is 0 Å². The molecular formula is C21H21ClN2O5. The number of benzene rings is 2. The molecule has 0 unspecified atom stereocenters. The van der Waals surface area contributed by atoms with Crippen LogP contribution in [0.4, 0.5) is 5.69 Å². The summed E-state index contributed by atoms with van der Waals surface area (Å²) in [6, 6.07) is 11.8. The summed E-state index contributed by atoms with van der Waals surface area (Å²) in [5.41, 5.74) is 1.21. The fourth-order valence-corrected chi connectivity index (χ4v) is 2.56. The van der Waals surface area contributed by atoms with E-state index in [0.717, 1.165) is 0 Å². The summed E-state index contributed by atoms with van der Waals surface area (Å²) in [5.74, 6) is -1.92. The lowest BCUT2D eigenvalue weighted by Gasteiger charge is -2.18. The van der Waals surface area contributed by atoms with Crippen LogP contribution in [0, 0.1) is 0 Å². The van der Waals surface area contributed by atoms with Crippen molar-refractivity contribution in [1.29, 1.82) is 0 Å². The van der Waals surface area contributed by atoms with Crippen LogP contribution in [-0.4, -0.2) is 35.7 Å². The smallest absolute Gasteiger partial charge is 0.329 e. The first-order chi connectivity index (χ1) is 13.7. The number of hydrogen-bond acceptors (Lipinski definition) is 5. The Kier molecular flexibility index (Phi) is 7.50. The number of rotatable bonds is 7. The minimum Gasteiger partial charge on any atom is -0.451 e. The van der Waals surface area contributed by atoms with Gasteiger partial charge in [0.1, 0.15) is 6.04 Å². The standard InChI is InChI=1S/C21H21ClN2O5/c1-12(23-20(27)17-6-4-5-7-18(17)22)21(28)29-14(3)19(26)24-16-10-8-15(9-11-16)13(2)25/h4-12,14H,1-3H3,(H,23,27)(H,24,26)/t12-,14+/m0/s1. The SMILES string of the molecule is CC(=O)c1ccc(NC(=O)[C@@H](C)OC(=O)[C@H](C)NC(=O)c2ccccc2Cl)cc1. The first-order valence-electron chi connectivity index (χ1n) is 8.86. The van der Waals surface area contributed by atoms with Crippen molar-refractivity contribution in [1.82, 2.24) is 5.32 Å². The molecule has 0 radical (unpaired) electrons. The van der Waals surface area contributed by atoms with Crippen LogP contribution in [0.25, 0.3) is 0 Å². The van der Waals surface area contributed by atoms with Gasteiger partial charge in [-0.1, -0.05) is 23.7 Å². The molecule has 0 saturated heterocycles. The number of hydrogen-bond donors (Lipinski definition) is 2. The average Bonchev–Trinajstić information content (AvgIpc) is 2.68. The number of nitrogens with one attached hydrogen (secondary N) is 2. The monoisotopic (exact) mass is 416 g/mol. The molecule has 29 heavy (non-hydrogen) atoms. The molecule has 0 heterocycles. The zero-order valence-corrected chi connectivity index (χ0v) is 16.9. The predicted molar refractivity (Wildman–Crippen MR) is 109 cm³/mol. The quantitative estimate of drug-likeness (QED) is 0.533. The summed E-state index contributed by atoms with van der Waals surface area (Å²) in [6.07, 6.45) is -1.09. The number of amides is 2. The highest BCUT2D eigenvalue weighted by Crippen LogP contribution is 2.15. The van der Waals surface area contributed by atoms with E-state index in [2.05, 4.69) is 10.6 Å². The van der Waals surface area contributed by atoms with Crippen LogP contribution in [0.3, 0.4) is 0 Å². The van der Waals surface area contributed by atoms with Gasteiger partial charge in [-0.25, -0.2) is 4.79 Å². The van der Waals surface area contributed by atoms with Crippen LogP contribution < -0.4 is 10.6 Å². The lowest BCUT2D eigenvalue weighted by molar-refractivity contribution is -0.154. The van der Waals surface area contributed by atoms with E-state index >= 15 is 0 Å². The van der Waals surface area contributed by atoms with Crippen LogP contribution in [0.15, 0.2) is 48.5 Å². The number of ketones is 1. The van der Waals surface area contributed by atoms with E-state index in [0.29, 0.717) is 11.3 Å². The van der Waals surface area contributed by atoms with Crippen molar-refractivity contribution < 1.29 is 23.9 Å². The third-order valence-corrected chi connectivity index (χ3v) is 4.37. The van der Waals surface area contributed by atoms with Gasteiger partial charge in [0.05, 0.1) is 10.6 Å². The number of carbonyl (C=O) groups is 4. The lowest BCUT2D eigenvalue weighted by Crippen LogP contribution is -2.42. The van der Waals surface area contributed by atoms with E-state index in [1.165, 1.54) is 26.8 Å². The second kappa shape index (κ2) is 9.84. The zero-order chi connectivity index (χ0) is 21.6. The molecule has 0 aliphatic carbocycles. The number of Topliss-reactive ketones (excluding diaryl/α,β-unsaturated/α-hetero) is 1. The van der Waals surface area contributed by atoms with Crippen molar-refractivity contribution >= 4 is 40.9 Å². The van der Waals surface area contributed by atoms with Crippen molar-refractivity contribution in [3.05, 3.63) is 64.7 Å². The van der Waals surface area contributed by atoms with Crippen LogP contribution in [0.5, 0.6) is 0 Å². The first-order valence-corrected chi connectivity index (χ1v) is 9.24. The molecule has 0 aliphatic heterocycles. The molecule has 0 bridgehead atoms. The lowest BCUT2D eigenvalue weighted by atomic mass is 10.1. The van der Waals surface area contributed by atoms with Gasteiger partial charge in [0.2, 0.25) is 0 Å². The van der Waals surface area contributed by atoms with Crippen molar-refractivity contribution in [3.8, 4) is 0 Å². The van der Waals surface area contributed by atoms with Crippen molar-refractivity contribution in [2.75, 3.05) is 5.32 Å².